The Balaban J connectivity index is 1.74. The fourth-order valence-electron chi connectivity index (χ4n) is 2.62. The lowest BCUT2D eigenvalue weighted by atomic mass is 10.1. The Bertz CT molecular complexity index is 681. The van der Waals surface area contributed by atoms with Crippen molar-refractivity contribution in [1.82, 2.24) is 10.2 Å². The number of benzene rings is 2. The average Bonchev–Trinajstić information content (AvgIpc) is 2.60. The number of rotatable bonds is 8. The fraction of sp³-hybridized carbons (Fsp3) is 0.333. The van der Waals surface area contributed by atoms with Gasteiger partial charge in [-0.2, -0.15) is 0 Å². The summed E-state index contributed by atoms with van der Waals surface area (Å²) >= 11 is 0. The summed E-state index contributed by atoms with van der Waals surface area (Å²) in [5.41, 5.74) is 3.38. The molecular formula is C21H26N2O2. The maximum absolute atomic E-state index is 12.0. The van der Waals surface area contributed by atoms with E-state index < -0.39 is 0 Å². The normalized spacial score (nSPS) is 10.3. The van der Waals surface area contributed by atoms with Crippen LogP contribution < -0.4 is 5.32 Å². The van der Waals surface area contributed by atoms with E-state index in [-0.39, 0.29) is 11.8 Å². The Morgan fingerprint density at radius 2 is 1.60 bits per heavy atom. The van der Waals surface area contributed by atoms with Gasteiger partial charge in [0.15, 0.2) is 0 Å². The molecule has 0 atom stereocenters. The van der Waals surface area contributed by atoms with Crippen LogP contribution in [-0.2, 0) is 22.4 Å². The van der Waals surface area contributed by atoms with Crippen molar-refractivity contribution in [2.24, 2.45) is 0 Å². The quantitative estimate of drug-likeness (QED) is 0.804. The molecule has 0 saturated heterocycles. The zero-order valence-corrected chi connectivity index (χ0v) is 15.0. The zero-order valence-electron chi connectivity index (χ0n) is 15.0. The second-order valence-electron chi connectivity index (χ2n) is 6.25. The summed E-state index contributed by atoms with van der Waals surface area (Å²) in [6.45, 7) is 5.25. The minimum atomic E-state index is -0.0181. The lowest BCUT2D eigenvalue weighted by molar-refractivity contribution is -0.129. The lowest BCUT2D eigenvalue weighted by Gasteiger charge is -2.21. The molecule has 2 rings (SSSR count). The summed E-state index contributed by atoms with van der Waals surface area (Å²) in [6, 6.07) is 18.0. The van der Waals surface area contributed by atoms with Gasteiger partial charge in [0, 0.05) is 26.6 Å². The van der Waals surface area contributed by atoms with Gasteiger partial charge in [0.25, 0.3) is 0 Å². The van der Waals surface area contributed by atoms with Gasteiger partial charge in [-0.05, 0) is 24.5 Å². The maximum atomic E-state index is 12.0. The molecule has 4 nitrogen and oxygen atoms in total. The van der Waals surface area contributed by atoms with Crippen LogP contribution in [0.3, 0.4) is 0 Å². The molecule has 0 saturated carbocycles. The van der Waals surface area contributed by atoms with Gasteiger partial charge in [-0.3, -0.25) is 9.59 Å². The third-order valence-corrected chi connectivity index (χ3v) is 4.15. The van der Waals surface area contributed by atoms with Gasteiger partial charge in [-0.25, -0.2) is 0 Å². The van der Waals surface area contributed by atoms with Crippen molar-refractivity contribution in [3.63, 3.8) is 0 Å². The number of amides is 2. The molecule has 0 bridgehead atoms. The van der Waals surface area contributed by atoms with Crippen molar-refractivity contribution in [2.45, 2.75) is 26.7 Å². The smallest absolute Gasteiger partial charge is 0.224 e. The zero-order chi connectivity index (χ0) is 18.1. The molecule has 0 aliphatic carbocycles. The molecule has 0 heterocycles. The minimum absolute atomic E-state index is 0.0181. The molecule has 0 unspecified atom stereocenters. The van der Waals surface area contributed by atoms with Crippen LogP contribution in [0.15, 0.2) is 54.6 Å². The first-order valence-electron chi connectivity index (χ1n) is 8.66. The van der Waals surface area contributed by atoms with Gasteiger partial charge in [-0.15, -0.1) is 0 Å². The number of nitrogens with zero attached hydrogens (tertiary/aromatic N) is 1. The largest absolute Gasteiger partial charge is 0.354 e. The number of carbonyl (C=O) groups is 2. The molecular weight excluding hydrogens is 312 g/mol. The van der Waals surface area contributed by atoms with Crippen LogP contribution in [0.2, 0.25) is 0 Å². The van der Waals surface area contributed by atoms with E-state index in [0.29, 0.717) is 26.1 Å². The first kappa shape index (κ1) is 18.7. The van der Waals surface area contributed by atoms with Crippen LogP contribution in [0, 0.1) is 6.92 Å². The molecule has 1 N–H and O–H groups in total. The van der Waals surface area contributed by atoms with Crippen molar-refractivity contribution < 1.29 is 9.59 Å². The second kappa shape index (κ2) is 9.62. The minimum Gasteiger partial charge on any atom is -0.354 e. The first-order valence-corrected chi connectivity index (χ1v) is 8.66. The number of nitrogens with one attached hydrogen (secondary N) is 1. The van der Waals surface area contributed by atoms with Gasteiger partial charge < -0.3 is 10.2 Å². The molecule has 0 fully saturated rings. The van der Waals surface area contributed by atoms with Crippen molar-refractivity contribution in [3.05, 3.63) is 71.3 Å². The van der Waals surface area contributed by atoms with E-state index in [9.17, 15) is 9.59 Å². The number of hydrogen-bond donors (Lipinski definition) is 1. The topological polar surface area (TPSA) is 49.4 Å². The highest BCUT2D eigenvalue weighted by Crippen LogP contribution is 2.04. The molecule has 2 aromatic carbocycles. The maximum Gasteiger partial charge on any atom is 0.224 e. The van der Waals surface area contributed by atoms with Gasteiger partial charge in [0.1, 0.15) is 0 Å². The third-order valence-electron chi connectivity index (χ3n) is 4.15. The summed E-state index contributed by atoms with van der Waals surface area (Å²) in [5.74, 6) is 0.0131. The monoisotopic (exact) mass is 338 g/mol. The highest BCUT2D eigenvalue weighted by atomic mass is 16.2. The number of aryl methyl sites for hydroxylation is 1. The summed E-state index contributed by atoms with van der Waals surface area (Å²) < 4.78 is 0. The molecule has 0 radical (unpaired) electrons. The lowest BCUT2D eigenvalue weighted by Crippen LogP contribution is -2.39. The van der Waals surface area contributed by atoms with E-state index in [1.807, 2.05) is 49.4 Å². The summed E-state index contributed by atoms with van der Waals surface area (Å²) in [5, 5.41) is 2.90. The van der Waals surface area contributed by atoms with Crippen molar-refractivity contribution in [2.75, 3.05) is 19.6 Å². The van der Waals surface area contributed by atoms with Crippen LogP contribution >= 0.6 is 0 Å². The number of carbonyl (C=O) groups excluding carboxylic acids is 2. The molecule has 2 amide bonds. The summed E-state index contributed by atoms with van der Waals surface area (Å²) in [7, 11) is 0. The molecule has 132 valence electrons. The van der Waals surface area contributed by atoms with E-state index >= 15 is 0 Å². The van der Waals surface area contributed by atoms with Gasteiger partial charge in [0.2, 0.25) is 11.8 Å². The van der Waals surface area contributed by atoms with Crippen molar-refractivity contribution in [1.29, 1.82) is 0 Å². The van der Waals surface area contributed by atoms with Crippen molar-refractivity contribution in [3.8, 4) is 0 Å². The summed E-state index contributed by atoms with van der Waals surface area (Å²) in [4.78, 5) is 25.6. The Labute approximate surface area is 149 Å². The number of hydrogen-bond acceptors (Lipinski definition) is 2. The molecule has 0 aromatic heterocycles. The Morgan fingerprint density at radius 3 is 2.24 bits per heavy atom. The Hall–Kier alpha value is -2.62. The molecule has 2 aromatic rings. The average molecular weight is 338 g/mol. The van der Waals surface area contributed by atoms with E-state index in [4.69, 9.17) is 0 Å². The predicted octanol–water partition coefficient (Wildman–Crippen LogP) is 2.74. The highest BCUT2D eigenvalue weighted by molar-refractivity contribution is 5.78. The van der Waals surface area contributed by atoms with Crippen LogP contribution in [0.25, 0.3) is 0 Å². The van der Waals surface area contributed by atoms with Crippen LogP contribution in [0.5, 0.6) is 0 Å². The van der Waals surface area contributed by atoms with Crippen LogP contribution in [0.4, 0.5) is 0 Å². The van der Waals surface area contributed by atoms with E-state index in [1.165, 1.54) is 11.1 Å². The predicted molar refractivity (Wildman–Crippen MR) is 100 cm³/mol. The van der Waals surface area contributed by atoms with E-state index in [0.717, 1.165) is 12.0 Å². The SMILES string of the molecule is CC(=O)N(CCNC(=O)Cc1ccc(C)cc1)CCc1ccccc1. The Kier molecular flexibility index (Phi) is 7.20. The fourth-order valence-corrected chi connectivity index (χ4v) is 2.62. The highest BCUT2D eigenvalue weighted by Gasteiger charge is 2.09. The van der Waals surface area contributed by atoms with E-state index in [1.54, 1.807) is 11.8 Å². The Morgan fingerprint density at radius 1 is 0.920 bits per heavy atom. The van der Waals surface area contributed by atoms with Crippen LogP contribution in [0.1, 0.15) is 23.6 Å². The van der Waals surface area contributed by atoms with Crippen LogP contribution in [-0.4, -0.2) is 36.3 Å². The molecule has 25 heavy (non-hydrogen) atoms. The first-order chi connectivity index (χ1) is 12.0. The van der Waals surface area contributed by atoms with E-state index in [2.05, 4.69) is 17.4 Å². The standard InChI is InChI=1S/C21H26N2O2/c1-17-8-10-20(11-9-17)16-21(25)22-13-15-23(18(2)24)14-12-19-6-4-3-5-7-19/h3-11H,12-16H2,1-2H3,(H,22,25). The molecule has 0 spiro atoms. The second-order valence-corrected chi connectivity index (χ2v) is 6.25. The molecule has 0 aliphatic rings. The third kappa shape index (κ3) is 6.79. The van der Waals surface area contributed by atoms with Gasteiger partial charge >= 0.3 is 0 Å². The molecule has 4 heteroatoms. The summed E-state index contributed by atoms with van der Waals surface area (Å²) in [6.07, 6.45) is 1.18. The van der Waals surface area contributed by atoms with Crippen molar-refractivity contribution >= 4 is 11.8 Å². The molecule has 0 aliphatic heterocycles. The van der Waals surface area contributed by atoms with Gasteiger partial charge in [-0.1, -0.05) is 60.2 Å². The van der Waals surface area contributed by atoms with Gasteiger partial charge in [0.05, 0.1) is 6.42 Å².